The van der Waals surface area contributed by atoms with Gasteiger partial charge in [-0.3, -0.25) is 29.1 Å². The van der Waals surface area contributed by atoms with Gasteiger partial charge in [0.15, 0.2) is 0 Å². The highest BCUT2D eigenvalue weighted by Crippen LogP contribution is 2.11. The van der Waals surface area contributed by atoms with Crippen LogP contribution in [-0.2, 0) is 20.9 Å². The second-order valence-corrected chi connectivity index (χ2v) is 5.41. The molecule has 3 amide bonds. The molecule has 0 aliphatic carbocycles. The Kier molecular flexibility index (Phi) is 4.03. The molecule has 1 aromatic heterocycles. The Labute approximate surface area is 119 Å². The molecule has 0 radical (unpaired) electrons. The first-order chi connectivity index (χ1) is 9.43. The summed E-state index contributed by atoms with van der Waals surface area (Å²) in [5.41, 5.74) is 0.689. The number of aryl methyl sites for hydroxylation is 1. The maximum absolute atomic E-state index is 12.3. The van der Waals surface area contributed by atoms with Crippen LogP contribution in [0.1, 0.15) is 19.0 Å². The number of imide groups is 1. The standard InChI is InChI=1S/C12H15N3O4S/c1-3-8-11(18)13-9(16)4-15(8)10(17)5-14-7(2)6-20-12(14)19/h6,8H,3-5H2,1-2H3,(H,13,16,18). The third-order valence-corrected chi connectivity index (χ3v) is 4.11. The van der Waals surface area contributed by atoms with Gasteiger partial charge in [-0.25, -0.2) is 0 Å². The van der Waals surface area contributed by atoms with E-state index in [1.54, 1.807) is 19.2 Å². The number of aromatic nitrogens is 1. The van der Waals surface area contributed by atoms with Crippen molar-refractivity contribution in [2.45, 2.75) is 32.9 Å². The summed E-state index contributed by atoms with van der Waals surface area (Å²) in [7, 11) is 0. The number of carbonyl (C=O) groups is 3. The predicted octanol–water partition coefficient (Wildman–Crippen LogP) is -0.518. The Morgan fingerprint density at radius 3 is 2.70 bits per heavy atom. The van der Waals surface area contributed by atoms with Gasteiger partial charge < -0.3 is 4.90 Å². The Morgan fingerprint density at radius 1 is 1.45 bits per heavy atom. The van der Waals surface area contributed by atoms with Crippen molar-refractivity contribution < 1.29 is 14.4 Å². The summed E-state index contributed by atoms with van der Waals surface area (Å²) in [5, 5.41) is 3.88. The smallest absolute Gasteiger partial charge is 0.307 e. The van der Waals surface area contributed by atoms with Crippen molar-refractivity contribution in [3.63, 3.8) is 0 Å². The van der Waals surface area contributed by atoms with E-state index in [-0.39, 0.29) is 18.0 Å². The minimum atomic E-state index is -0.658. The van der Waals surface area contributed by atoms with Gasteiger partial charge in [-0.15, -0.1) is 0 Å². The number of hydrogen-bond acceptors (Lipinski definition) is 5. The zero-order chi connectivity index (χ0) is 14.9. The molecule has 2 heterocycles. The molecule has 7 nitrogen and oxygen atoms in total. The van der Waals surface area contributed by atoms with Gasteiger partial charge in [0.05, 0.1) is 0 Å². The number of piperazine rings is 1. The van der Waals surface area contributed by atoms with Crippen LogP contribution in [0.5, 0.6) is 0 Å². The summed E-state index contributed by atoms with van der Waals surface area (Å²) in [6.45, 7) is 3.20. The maximum atomic E-state index is 12.3. The summed E-state index contributed by atoms with van der Waals surface area (Å²) in [6, 6.07) is -0.658. The first-order valence-electron chi connectivity index (χ1n) is 6.22. The molecule has 1 aliphatic rings. The van der Waals surface area contributed by atoms with Crippen LogP contribution in [0.2, 0.25) is 0 Å². The number of hydrogen-bond donors (Lipinski definition) is 1. The monoisotopic (exact) mass is 297 g/mol. The van der Waals surface area contributed by atoms with E-state index >= 15 is 0 Å². The maximum Gasteiger partial charge on any atom is 0.307 e. The lowest BCUT2D eigenvalue weighted by Crippen LogP contribution is -2.60. The summed E-state index contributed by atoms with van der Waals surface area (Å²) in [5.74, 6) is -1.36. The molecule has 0 spiro atoms. The molecule has 108 valence electrons. The topological polar surface area (TPSA) is 88.5 Å². The summed E-state index contributed by atoms with van der Waals surface area (Å²) >= 11 is 1.02. The fourth-order valence-corrected chi connectivity index (χ4v) is 2.89. The minimum Gasteiger partial charge on any atom is -0.320 e. The molecular weight excluding hydrogens is 282 g/mol. The lowest BCUT2D eigenvalue weighted by molar-refractivity contribution is -0.150. The zero-order valence-electron chi connectivity index (χ0n) is 11.2. The van der Waals surface area contributed by atoms with Crippen LogP contribution < -0.4 is 10.2 Å². The molecule has 1 unspecified atom stereocenters. The molecule has 1 fully saturated rings. The van der Waals surface area contributed by atoms with Crippen LogP contribution >= 0.6 is 11.3 Å². The fraction of sp³-hybridized carbons (Fsp3) is 0.500. The van der Waals surface area contributed by atoms with Crippen molar-refractivity contribution >= 4 is 29.1 Å². The molecule has 0 bridgehead atoms. The third-order valence-electron chi connectivity index (χ3n) is 3.23. The van der Waals surface area contributed by atoms with E-state index in [1.807, 2.05) is 0 Å². The van der Waals surface area contributed by atoms with Gasteiger partial charge in [0, 0.05) is 11.1 Å². The number of amides is 3. The first kappa shape index (κ1) is 14.4. The summed E-state index contributed by atoms with van der Waals surface area (Å²) < 4.78 is 1.34. The Morgan fingerprint density at radius 2 is 2.15 bits per heavy atom. The van der Waals surface area contributed by atoms with Crippen LogP contribution in [0.4, 0.5) is 0 Å². The molecule has 1 atom stereocenters. The van der Waals surface area contributed by atoms with E-state index in [0.29, 0.717) is 12.1 Å². The Balaban J connectivity index is 2.21. The van der Waals surface area contributed by atoms with E-state index in [9.17, 15) is 19.2 Å². The van der Waals surface area contributed by atoms with Gasteiger partial charge in [-0.1, -0.05) is 18.3 Å². The second-order valence-electron chi connectivity index (χ2n) is 4.59. The van der Waals surface area contributed by atoms with Crippen LogP contribution in [0.3, 0.4) is 0 Å². The second kappa shape index (κ2) is 5.58. The van der Waals surface area contributed by atoms with Crippen LogP contribution in [0.15, 0.2) is 10.2 Å². The third kappa shape index (κ3) is 2.64. The quantitative estimate of drug-likeness (QED) is 0.761. The van der Waals surface area contributed by atoms with Crippen molar-refractivity contribution in [2.24, 2.45) is 0 Å². The van der Waals surface area contributed by atoms with Gasteiger partial charge in [0.1, 0.15) is 19.1 Å². The lowest BCUT2D eigenvalue weighted by Gasteiger charge is -2.33. The first-order valence-corrected chi connectivity index (χ1v) is 7.10. The summed E-state index contributed by atoms with van der Waals surface area (Å²) in [6.07, 6.45) is 0.419. The van der Waals surface area contributed by atoms with E-state index in [2.05, 4.69) is 5.32 Å². The van der Waals surface area contributed by atoms with Crippen molar-refractivity contribution in [1.29, 1.82) is 0 Å². The largest absolute Gasteiger partial charge is 0.320 e. The van der Waals surface area contributed by atoms with Crippen LogP contribution in [0.25, 0.3) is 0 Å². The van der Waals surface area contributed by atoms with Gasteiger partial charge in [-0.2, -0.15) is 0 Å². The minimum absolute atomic E-state index is 0.148. The van der Waals surface area contributed by atoms with Crippen molar-refractivity contribution in [2.75, 3.05) is 6.54 Å². The van der Waals surface area contributed by atoms with Gasteiger partial charge in [0.25, 0.3) is 0 Å². The molecule has 0 saturated carbocycles. The molecule has 1 aromatic rings. The van der Waals surface area contributed by atoms with E-state index in [1.165, 1.54) is 9.47 Å². The van der Waals surface area contributed by atoms with E-state index in [0.717, 1.165) is 11.3 Å². The molecule has 0 aromatic carbocycles. The van der Waals surface area contributed by atoms with Crippen molar-refractivity contribution in [3.05, 3.63) is 20.7 Å². The number of rotatable bonds is 3. The Bertz CT molecular complexity index is 618. The molecule has 2 rings (SSSR count). The molecule has 1 aliphatic heterocycles. The fourth-order valence-electron chi connectivity index (χ4n) is 2.16. The Hall–Kier alpha value is -1.96. The SMILES string of the molecule is CCC1C(=O)NC(=O)CN1C(=O)Cn1c(C)csc1=O. The van der Waals surface area contributed by atoms with Gasteiger partial charge >= 0.3 is 4.87 Å². The van der Waals surface area contributed by atoms with Crippen molar-refractivity contribution in [1.82, 2.24) is 14.8 Å². The molecule has 8 heteroatoms. The average molecular weight is 297 g/mol. The predicted molar refractivity (Wildman–Crippen MR) is 72.3 cm³/mol. The molecule has 1 saturated heterocycles. The van der Waals surface area contributed by atoms with Crippen LogP contribution in [0, 0.1) is 6.92 Å². The van der Waals surface area contributed by atoms with Crippen LogP contribution in [-0.4, -0.2) is 39.8 Å². The number of nitrogens with zero attached hydrogens (tertiary/aromatic N) is 2. The highest BCUT2D eigenvalue weighted by molar-refractivity contribution is 7.07. The molecule has 1 N–H and O–H groups in total. The number of nitrogens with one attached hydrogen (secondary N) is 1. The number of thiazole rings is 1. The summed E-state index contributed by atoms with van der Waals surface area (Å²) in [4.78, 5) is 48.0. The van der Waals surface area contributed by atoms with E-state index in [4.69, 9.17) is 0 Å². The number of carbonyl (C=O) groups excluding carboxylic acids is 3. The van der Waals surface area contributed by atoms with Gasteiger partial charge in [-0.05, 0) is 13.3 Å². The highest BCUT2D eigenvalue weighted by Gasteiger charge is 2.35. The zero-order valence-corrected chi connectivity index (χ0v) is 12.0. The normalized spacial score (nSPS) is 19.1. The van der Waals surface area contributed by atoms with Crippen molar-refractivity contribution in [3.8, 4) is 0 Å². The average Bonchev–Trinajstić information content (AvgIpc) is 2.69. The lowest BCUT2D eigenvalue weighted by atomic mass is 10.1. The van der Waals surface area contributed by atoms with Gasteiger partial charge in [0.2, 0.25) is 17.7 Å². The molecule has 20 heavy (non-hydrogen) atoms. The highest BCUT2D eigenvalue weighted by atomic mass is 32.1. The van der Waals surface area contributed by atoms with E-state index < -0.39 is 23.8 Å². The molecular formula is C12H15N3O4S.